The summed E-state index contributed by atoms with van der Waals surface area (Å²) in [7, 11) is -22.0. The molecule has 33 heteroatoms. The molecule has 29 nitrogen and oxygen atoms in total. The number of aliphatic hydroxyl groups excluding tert-OH is 4. The van der Waals surface area contributed by atoms with E-state index in [1.165, 1.54) is 6.92 Å². The summed E-state index contributed by atoms with van der Waals surface area (Å²) < 4.78 is 179. The van der Waals surface area contributed by atoms with E-state index < -0.39 is 159 Å². The molecular weight excluding hydrogens is 830 g/mol. The van der Waals surface area contributed by atoms with Crippen molar-refractivity contribution in [2.75, 3.05) is 19.8 Å². The van der Waals surface area contributed by atoms with Crippen molar-refractivity contribution in [2.24, 2.45) is 5.73 Å². The maximum absolute atomic E-state index is 12.5. The number of aliphatic carboxylic acids is 1. The van der Waals surface area contributed by atoms with Crippen LogP contribution in [-0.4, -0.2) is 195 Å². The first kappa shape index (κ1) is 45.9. The molecule has 0 aliphatic carbocycles. The van der Waals surface area contributed by atoms with Gasteiger partial charge in [0.05, 0.1) is 19.3 Å². The number of carboxylic acids is 1. The quantitative estimate of drug-likeness (QED) is 0.0607. The van der Waals surface area contributed by atoms with Gasteiger partial charge in [0.1, 0.15) is 54.9 Å². The van der Waals surface area contributed by atoms with Crippen LogP contribution >= 0.6 is 0 Å². The van der Waals surface area contributed by atoms with Crippen molar-refractivity contribution in [3.63, 3.8) is 0 Å². The Morgan fingerprint density at radius 3 is 1.68 bits per heavy atom. The smallest absolute Gasteiger partial charge is 0.397 e. The largest absolute Gasteiger partial charge is 0.479 e. The van der Waals surface area contributed by atoms with Gasteiger partial charge in [0.25, 0.3) is 0 Å². The summed E-state index contributed by atoms with van der Waals surface area (Å²) in [6.45, 7) is -1.87. The van der Waals surface area contributed by atoms with E-state index in [1.807, 2.05) is 0 Å². The highest BCUT2D eigenvalue weighted by molar-refractivity contribution is 7.81. The lowest BCUT2D eigenvalue weighted by atomic mass is 9.95. The maximum atomic E-state index is 12.5. The van der Waals surface area contributed by atoms with Crippen molar-refractivity contribution in [1.82, 2.24) is 0 Å². The minimum Gasteiger partial charge on any atom is -0.479 e. The SMILES string of the molecule is CCO[C@@H]1[C@@H](OS(=O)(=O)O)[C@H](O[C@H]2[C@H](OS(=O)(=O)O)[C@@H](N)[C@@H](O)O[C@@H]2CO)O[C@@H](C(=O)O)[C@H]1O[C@H]1O[C@H](COS(=O)(=O)O)[C@@H](O)[C@H](OS(=O)(=O)O)[C@H]1O. The van der Waals surface area contributed by atoms with E-state index >= 15 is 0 Å². The Balaban J connectivity index is 2.11. The summed E-state index contributed by atoms with van der Waals surface area (Å²) in [4.78, 5) is 12.5. The Morgan fingerprint density at radius 2 is 1.19 bits per heavy atom. The molecule has 0 spiro atoms. The van der Waals surface area contributed by atoms with Crippen LogP contribution in [0.15, 0.2) is 0 Å². The summed E-state index contributed by atoms with van der Waals surface area (Å²) in [6, 6.07) is -1.95. The van der Waals surface area contributed by atoms with Crippen LogP contribution < -0.4 is 5.73 Å². The van der Waals surface area contributed by atoms with Gasteiger partial charge in [0.15, 0.2) is 31.1 Å². The Bertz CT molecular complexity index is 1690. The highest BCUT2D eigenvalue weighted by Gasteiger charge is 2.58. The number of carboxylic acid groups (broad SMARTS) is 1. The minimum absolute atomic E-state index is 0.529. The van der Waals surface area contributed by atoms with Gasteiger partial charge in [-0.05, 0) is 6.92 Å². The standard InChI is InChI=1S/C20H35NO28S4/c1-2-40-13-14(45-19-9(24)12(48-52(34,35)36)8(23)6(43-19)4-41-50(28,29)30)15(17(25)26)46-20(16(13)49-53(37,38)39)44-10-5(3-22)42-18(27)7(21)11(10)47-51(31,32)33/h5-16,18-20,22-24,27H,2-4,21H2,1H3,(H,25,26)(H,28,29,30)(H,31,32,33)(H,34,35,36)(H,37,38,39)/t5-,6-,7-,8-,9-,10-,11-,12+,13+,14+,15-,16-,18+,19-,20-/m1/s1. The molecule has 3 rings (SSSR count). The fourth-order valence-corrected chi connectivity index (χ4v) is 7.09. The molecule has 0 saturated carbocycles. The number of aliphatic hydroxyl groups is 4. The van der Waals surface area contributed by atoms with Crippen LogP contribution in [0.4, 0.5) is 0 Å². The van der Waals surface area contributed by atoms with Crippen LogP contribution in [0.2, 0.25) is 0 Å². The maximum Gasteiger partial charge on any atom is 0.397 e. The fourth-order valence-electron chi connectivity index (χ4n) is 5.27. The highest BCUT2D eigenvalue weighted by atomic mass is 32.3. The lowest BCUT2D eigenvalue weighted by molar-refractivity contribution is -0.366. The zero-order chi connectivity index (χ0) is 40.4. The second kappa shape index (κ2) is 17.8. The molecule has 0 aromatic rings. The molecule has 3 fully saturated rings. The first-order chi connectivity index (χ1) is 24.2. The number of hydrogen-bond donors (Lipinski definition) is 10. The van der Waals surface area contributed by atoms with Crippen molar-refractivity contribution < 1.29 is 127 Å². The minimum atomic E-state index is -5.68. The molecule has 0 aromatic heterocycles. The van der Waals surface area contributed by atoms with Gasteiger partial charge in [0.2, 0.25) is 0 Å². The van der Waals surface area contributed by atoms with Gasteiger partial charge in [-0.25, -0.2) is 21.5 Å². The Labute approximate surface area is 299 Å². The normalized spacial score (nSPS) is 39.1. The summed E-state index contributed by atoms with van der Waals surface area (Å²) in [5.41, 5.74) is 5.72. The number of rotatable bonds is 17. The lowest BCUT2D eigenvalue weighted by Gasteiger charge is -2.49. The van der Waals surface area contributed by atoms with E-state index in [-0.39, 0.29) is 0 Å². The van der Waals surface area contributed by atoms with Crippen LogP contribution in [0.3, 0.4) is 0 Å². The van der Waals surface area contributed by atoms with E-state index in [0.29, 0.717) is 0 Å². The van der Waals surface area contributed by atoms with Crippen LogP contribution in [-0.2, 0) is 91.5 Å². The van der Waals surface area contributed by atoms with E-state index in [1.54, 1.807) is 0 Å². The Morgan fingerprint density at radius 1 is 0.660 bits per heavy atom. The van der Waals surface area contributed by atoms with E-state index in [4.69, 9.17) is 38.7 Å². The average Bonchev–Trinajstić information content (AvgIpc) is 2.99. The zero-order valence-electron chi connectivity index (χ0n) is 26.3. The summed E-state index contributed by atoms with van der Waals surface area (Å²) >= 11 is 0. The van der Waals surface area contributed by atoms with Crippen LogP contribution in [0.5, 0.6) is 0 Å². The third-order valence-corrected chi connectivity index (χ3v) is 9.12. The Kier molecular flexibility index (Phi) is 15.4. The van der Waals surface area contributed by atoms with E-state index in [0.717, 1.165) is 0 Å². The van der Waals surface area contributed by atoms with Crippen molar-refractivity contribution in [1.29, 1.82) is 0 Å². The second-order valence-electron chi connectivity index (χ2n) is 10.9. The molecule has 11 N–H and O–H groups in total. The van der Waals surface area contributed by atoms with Gasteiger partial charge in [-0.1, -0.05) is 0 Å². The molecule has 3 aliphatic rings. The van der Waals surface area contributed by atoms with Gasteiger partial charge < -0.3 is 59.7 Å². The van der Waals surface area contributed by atoms with Crippen LogP contribution in [0, 0.1) is 0 Å². The zero-order valence-corrected chi connectivity index (χ0v) is 29.5. The van der Waals surface area contributed by atoms with Crippen molar-refractivity contribution in [3.8, 4) is 0 Å². The number of carbonyl (C=O) groups is 1. The second-order valence-corrected chi connectivity index (χ2v) is 15.1. The third-order valence-electron chi connectivity index (χ3n) is 7.29. The summed E-state index contributed by atoms with van der Waals surface area (Å²) in [5, 5.41) is 51.4. The summed E-state index contributed by atoms with van der Waals surface area (Å²) in [6.07, 6.45) is -32.8. The first-order valence-electron chi connectivity index (χ1n) is 14.3. The topological polar surface area (TPSA) is 454 Å². The van der Waals surface area contributed by atoms with E-state index in [9.17, 15) is 77.7 Å². The van der Waals surface area contributed by atoms with Gasteiger partial charge in [-0.3, -0.25) is 18.2 Å². The molecule has 0 bridgehead atoms. The predicted octanol–water partition coefficient (Wildman–Crippen LogP) is -7.16. The molecule has 0 aromatic carbocycles. The van der Waals surface area contributed by atoms with Gasteiger partial charge in [-0.15, -0.1) is 0 Å². The monoisotopic (exact) mass is 865 g/mol. The third kappa shape index (κ3) is 12.8. The molecule has 312 valence electrons. The van der Waals surface area contributed by atoms with Crippen molar-refractivity contribution in [3.05, 3.63) is 0 Å². The summed E-state index contributed by atoms with van der Waals surface area (Å²) in [5.74, 6) is -2.06. The molecule has 0 radical (unpaired) electrons. The van der Waals surface area contributed by atoms with Gasteiger partial charge in [0, 0.05) is 6.61 Å². The molecule has 3 aliphatic heterocycles. The average molecular weight is 866 g/mol. The van der Waals surface area contributed by atoms with Crippen LogP contribution in [0.25, 0.3) is 0 Å². The number of nitrogens with two attached hydrogens (primary N) is 1. The number of hydrogen-bond acceptors (Lipinski definition) is 24. The van der Waals surface area contributed by atoms with E-state index in [2.05, 4.69) is 16.7 Å². The molecule has 53 heavy (non-hydrogen) atoms. The number of ether oxygens (including phenoxy) is 6. The van der Waals surface area contributed by atoms with Crippen molar-refractivity contribution in [2.45, 2.75) is 99.0 Å². The lowest BCUT2D eigenvalue weighted by Crippen LogP contribution is -2.69. The molecule has 0 amide bonds. The predicted molar refractivity (Wildman–Crippen MR) is 155 cm³/mol. The van der Waals surface area contributed by atoms with Gasteiger partial charge >= 0.3 is 47.6 Å². The van der Waals surface area contributed by atoms with Crippen LogP contribution in [0.1, 0.15) is 6.92 Å². The molecule has 3 saturated heterocycles. The Hall–Kier alpha value is -1.49. The van der Waals surface area contributed by atoms with Gasteiger partial charge in [-0.2, -0.15) is 33.7 Å². The fraction of sp³-hybridized carbons (Fsp3) is 0.950. The molecule has 3 heterocycles. The highest BCUT2D eigenvalue weighted by Crippen LogP contribution is 2.36. The molecule has 15 atom stereocenters. The molecular formula is C20H35NO28S4. The molecule has 0 unspecified atom stereocenters. The van der Waals surface area contributed by atoms with Crippen molar-refractivity contribution >= 4 is 47.6 Å². The first-order valence-corrected chi connectivity index (χ1v) is 19.7.